The van der Waals surface area contributed by atoms with Gasteiger partial charge in [-0.25, -0.2) is 4.39 Å². The van der Waals surface area contributed by atoms with E-state index in [1.165, 1.54) is 18.2 Å². The molecule has 1 saturated carbocycles. The van der Waals surface area contributed by atoms with Crippen molar-refractivity contribution in [2.45, 2.75) is 29.9 Å². The van der Waals surface area contributed by atoms with E-state index < -0.39 is 16.6 Å². The quantitative estimate of drug-likeness (QED) is 0.831. The summed E-state index contributed by atoms with van der Waals surface area (Å²) in [4.78, 5) is 11.9. The number of benzene rings is 1. The van der Waals surface area contributed by atoms with Crippen LogP contribution in [0.5, 0.6) is 0 Å². The standard InChI is InChI=1S/C12H12ClFO2S/c1-7-11(15)4-5-12(7)17(16)8-2-3-10(14)9(13)6-8/h2-3,6-7,12H,4-5H2,1H3. The summed E-state index contributed by atoms with van der Waals surface area (Å²) in [6.07, 6.45) is 1.11. The molecule has 0 N–H and O–H groups in total. The predicted octanol–water partition coefficient (Wildman–Crippen LogP) is 2.95. The molecule has 5 heteroatoms. The van der Waals surface area contributed by atoms with Crippen LogP contribution in [0.2, 0.25) is 5.02 Å². The first-order chi connectivity index (χ1) is 8.00. The van der Waals surface area contributed by atoms with Crippen molar-refractivity contribution < 1.29 is 13.4 Å². The Bertz CT molecular complexity index is 489. The third-order valence-corrected chi connectivity index (χ3v) is 5.34. The zero-order chi connectivity index (χ0) is 12.6. The molecule has 0 bridgehead atoms. The van der Waals surface area contributed by atoms with E-state index in [2.05, 4.69) is 0 Å². The first-order valence-electron chi connectivity index (χ1n) is 5.39. The number of carbonyl (C=O) groups is 1. The van der Waals surface area contributed by atoms with Crippen molar-refractivity contribution in [2.24, 2.45) is 5.92 Å². The molecule has 0 radical (unpaired) electrons. The van der Waals surface area contributed by atoms with Gasteiger partial charge in [0.25, 0.3) is 0 Å². The van der Waals surface area contributed by atoms with Crippen molar-refractivity contribution in [2.75, 3.05) is 0 Å². The fraction of sp³-hybridized carbons (Fsp3) is 0.417. The molecule has 0 amide bonds. The molecule has 1 aromatic rings. The first-order valence-corrected chi connectivity index (χ1v) is 6.98. The summed E-state index contributed by atoms with van der Waals surface area (Å²) in [5, 5.41) is -0.211. The number of carbonyl (C=O) groups excluding carboxylic acids is 1. The molecular formula is C12H12ClFO2S. The van der Waals surface area contributed by atoms with Crippen LogP contribution >= 0.6 is 11.6 Å². The van der Waals surface area contributed by atoms with Crippen LogP contribution in [0.1, 0.15) is 19.8 Å². The molecule has 1 fully saturated rings. The van der Waals surface area contributed by atoms with Crippen LogP contribution in [-0.4, -0.2) is 15.2 Å². The van der Waals surface area contributed by atoms with E-state index >= 15 is 0 Å². The molecule has 92 valence electrons. The van der Waals surface area contributed by atoms with Gasteiger partial charge in [0.05, 0.1) is 15.8 Å². The fourth-order valence-corrected chi connectivity index (χ4v) is 3.92. The minimum atomic E-state index is -1.30. The van der Waals surface area contributed by atoms with E-state index in [1.54, 1.807) is 6.92 Å². The van der Waals surface area contributed by atoms with Gasteiger partial charge >= 0.3 is 0 Å². The highest BCUT2D eigenvalue weighted by atomic mass is 35.5. The lowest BCUT2D eigenvalue weighted by Crippen LogP contribution is -2.21. The average molecular weight is 275 g/mol. The molecule has 2 rings (SSSR count). The van der Waals surface area contributed by atoms with Crippen molar-refractivity contribution in [1.29, 1.82) is 0 Å². The molecule has 0 aliphatic heterocycles. The smallest absolute Gasteiger partial charge is 0.141 e. The second kappa shape index (κ2) is 4.86. The number of hydrogen-bond donors (Lipinski definition) is 0. The Kier molecular flexibility index (Phi) is 3.64. The summed E-state index contributed by atoms with van der Waals surface area (Å²) in [6, 6.07) is 4.05. The molecule has 0 aromatic heterocycles. The molecule has 1 aromatic carbocycles. The second-order valence-electron chi connectivity index (χ2n) is 4.21. The lowest BCUT2D eigenvalue weighted by atomic mass is 10.1. The maximum absolute atomic E-state index is 13.0. The molecule has 1 aliphatic carbocycles. The number of Topliss-reactive ketones (excluding diaryl/α,β-unsaturated/α-hetero) is 1. The number of ketones is 1. The summed E-state index contributed by atoms with van der Waals surface area (Å²) in [5.74, 6) is -0.570. The predicted molar refractivity (Wildman–Crippen MR) is 65.0 cm³/mol. The third-order valence-electron chi connectivity index (χ3n) is 3.14. The lowest BCUT2D eigenvalue weighted by Gasteiger charge is -2.13. The normalized spacial score (nSPS) is 26.2. The monoisotopic (exact) mass is 274 g/mol. The third kappa shape index (κ3) is 2.43. The van der Waals surface area contributed by atoms with Crippen molar-refractivity contribution in [3.05, 3.63) is 29.0 Å². The molecular weight excluding hydrogens is 263 g/mol. The number of hydrogen-bond acceptors (Lipinski definition) is 2. The Morgan fingerprint density at radius 2 is 2.18 bits per heavy atom. The zero-order valence-electron chi connectivity index (χ0n) is 9.28. The SMILES string of the molecule is CC1C(=O)CCC1S(=O)c1ccc(F)c(Cl)c1. The first kappa shape index (κ1) is 12.7. The van der Waals surface area contributed by atoms with Crippen molar-refractivity contribution >= 4 is 28.2 Å². The lowest BCUT2D eigenvalue weighted by molar-refractivity contribution is -0.120. The van der Waals surface area contributed by atoms with E-state index in [0.29, 0.717) is 17.7 Å². The van der Waals surface area contributed by atoms with Crippen LogP contribution in [0.3, 0.4) is 0 Å². The molecule has 1 aliphatic rings. The van der Waals surface area contributed by atoms with Crippen LogP contribution in [0.4, 0.5) is 4.39 Å². The average Bonchev–Trinajstić information content (AvgIpc) is 2.63. The van der Waals surface area contributed by atoms with Gasteiger partial charge in [0.2, 0.25) is 0 Å². The maximum Gasteiger partial charge on any atom is 0.141 e. The number of rotatable bonds is 2. The molecule has 2 nitrogen and oxygen atoms in total. The molecule has 3 unspecified atom stereocenters. The van der Waals surface area contributed by atoms with E-state index in [0.717, 1.165) is 0 Å². The molecule has 17 heavy (non-hydrogen) atoms. The van der Waals surface area contributed by atoms with Crippen LogP contribution < -0.4 is 0 Å². The van der Waals surface area contributed by atoms with Crippen LogP contribution in [0.15, 0.2) is 23.1 Å². The van der Waals surface area contributed by atoms with Crippen LogP contribution in [0, 0.1) is 11.7 Å². The summed E-state index contributed by atoms with van der Waals surface area (Å²) in [6.45, 7) is 1.79. The van der Waals surface area contributed by atoms with Gasteiger partial charge in [-0.15, -0.1) is 0 Å². The Morgan fingerprint density at radius 1 is 1.47 bits per heavy atom. The zero-order valence-corrected chi connectivity index (χ0v) is 10.9. The van der Waals surface area contributed by atoms with Crippen LogP contribution in [0.25, 0.3) is 0 Å². The van der Waals surface area contributed by atoms with Crippen LogP contribution in [-0.2, 0) is 15.6 Å². The largest absolute Gasteiger partial charge is 0.299 e. The van der Waals surface area contributed by atoms with E-state index in [1.807, 2.05) is 0 Å². The molecule has 3 atom stereocenters. The fourth-order valence-electron chi connectivity index (χ4n) is 2.04. The summed E-state index contributed by atoms with van der Waals surface area (Å²) >= 11 is 5.65. The Labute approximate surface area is 107 Å². The van der Waals surface area contributed by atoms with Crippen molar-refractivity contribution in [3.63, 3.8) is 0 Å². The van der Waals surface area contributed by atoms with Gasteiger partial charge < -0.3 is 0 Å². The highest BCUT2D eigenvalue weighted by molar-refractivity contribution is 7.85. The Morgan fingerprint density at radius 3 is 2.71 bits per heavy atom. The van der Waals surface area contributed by atoms with Gasteiger partial charge in [0.1, 0.15) is 11.6 Å². The van der Waals surface area contributed by atoms with E-state index in [4.69, 9.17) is 11.6 Å². The highest BCUT2D eigenvalue weighted by Gasteiger charge is 2.35. The summed E-state index contributed by atoms with van der Waals surface area (Å²) in [5.41, 5.74) is 0. The van der Waals surface area contributed by atoms with E-state index in [9.17, 15) is 13.4 Å². The summed E-state index contributed by atoms with van der Waals surface area (Å²) < 4.78 is 25.2. The molecule has 0 heterocycles. The number of halogens is 2. The Hall–Kier alpha value is -0.740. The summed E-state index contributed by atoms with van der Waals surface area (Å²) in [7, 11) is -1.30. The highest BCUT2D eigenvalue weighted by Crippen LogP contribution is 2.30. The van der Waals surface area contributed by atoms with Gasteiger partial charge in [-0.05, 0) is 24.6 Å². The molecule has 0 spiro atoms. The Balaban J connectivity index is 2.25. The molecule has 0 saturated heterocycles. The van der Waals surface area contributed by atoms with Crippen molar-refractivity contribution in [3.8, 4) is 0 Å². The van der Waals surface area contributed by atoms with Gasteiger partial charge in [0.15, 0.2) is 0 Å². The van der Waals surface area contributed by atoms with Crippen molar-refractivity contribution in [1.82, 2.24) is 0 Å². The second-order valence-corrected chi connectivity index (χ2v) is 6.28. The maximum atomic E-state index is 13.0. The van der Waals surface area contributed by atoms with Gasteiger partial charge in [-0.1, -0.05) is 18.5 Å². The van der Waals surface area contributed by atoms with E-state index in [-0.39, 0.29) is 22.0 Å². The van der Waals surface area contributed by atoms with Gasteiger partial charge in [0, 0.05) is 22.5 Å². The van der Waals surface area contributed by atoms with Gasteiger partial charge in [-0.3, -0.25) is 9.00 Å². The minimum Gasteiger partial charge on any atom is -0.299 e. The topological polar surface area (TPSA) is 34.1 Å². The van der Waals surface area contributed by atoms with Gasteiger partial charge in [-0.2, -0.15) is 0 Å². The minimum absolute atomic E-state index is 0.0344.